The van der Waals surface area contributed by atoms with Crippen LogP contribution in [-0.4, -0.2) is 70.0 Å². The Bertz CT molecular complexity index is 345. The van der Waals surface area contributed by atoms with Gasteiger partial charge in [0.1, 0.15) is 0 Å². The van der Waals surface area contributed by atoms with Gasteiger partial charge in [-0.15, -0.1) is 0 Å². The van der Waals surface area contributed by atoms with Gasteiger partial charge < -0.3 is 10.2 Å². The molecule has 6 nitrogen and oxygen atoms in total. The molecule has 0 aromatic heterocycles. The van der Waals surface area contributed by atoms with E-state index in [4.69, 9.17) is 0 Å². The van der Waals surface area contributed by atoms with Crippen molar-refractivity contribution in [2.45, 2.75) is 46.6 Å². The summed E-state index contributed by atoms with van der Waals surface area (Å²) in [5, 5.41) is 3.28. The van der Waals surface area contributed by atoms with Crippen molar-refractivity contribution in [2.75, 3.05) is 46.3 Å². The van der Waals surface area contributed by atoms with Crippen LogP contribution in [0.1, 0.15) is 40.5 Å². The fourth-order valence-electron chi connectivity index (χ4n) is 2.10. The van der Waals surface area contributed by atoms with Crippen LogP contribution in [0.5, 0.6) is 0 Å². The molecule has 0 aliphatic heterocycles. The number of rotatable bonds is 13. The smallest absolute Gasteiger partial charge is 0.279 e. The standard InChI is InChI=1S/C14H34N4O2S/c1-6-10-15-11-9-12-17(5)21(19,20)16-14(4)13-18(7-2)8-3/h14-16H,6-13H2,1-5H3. The molecule has 0 aromatic rings. The van der Waals surface area contributed by atoms with Gasteiger partial charge in [0.25, 0.3) is 10.2 Å². The minimum atomic E-state index is -3.39. The van der Waals surface area contributed by atoms with Crippen molar-refractivity contribution in [3.8, 4) is 0 Å². The van der Waals surface area contributed by atoms with E-state index in [1.54, 1.807) is 7.05 Å². The predicted octanol–water partition coefficient (Wildman–Crippen LogP) is 0.873. The molecule has 0 heterocycles. The molecule has 0 spiro atoms. The van der Waals surface area contributed by atoms with E-state index >= 15 is 0 Å². The normalized spacial score (nSPS) is 14.0. The zero-order valence-electron chi connectivity index (χ0n) is 14.4. The van der Waals surface area contributed by atoms with Gasteiger partial charge in [-0.1, -0.05) is 20.8 Å². The van der Waals surface area contributed by atoms with Crippen LogP contribution in [0.25, 0.3) is 0 Å². The Hall–Kier alpha value is -0.210. The molecule has 1 unspecified atom stereocenters. The summed E-state index contributed by atoms with van der Waals surface area (Å²) in [6.07, 6.45) is 1.92. The molecule has 0 bridgehead atoms. The van der Waals surface area contributed by atoms with E-state index in [9.17, 15) is 8.42 Å². The third-order valence-corrected chi connectivity index (χ3v) is 5.14. The van der Waals surface area contributed by atoms with Gasteiger partial charge in [0.15, 0.2) is 0 Å². The summed E-state index contributed by atoms with van der Waals surface area (Å²) in [5.41, 5.74) is 0. The maximum Gasteiger partial charge on any atom is 0.279 e. The van der Waals surface area contributed by atoms with Crippen molar-refractivity contribution in [3.05, 3.63) is 0 Å². The van der Waals surface area contributed by atoms with Gasteiger partial charge in [-0.2, -0.15) is 17.4 Å². The van der Waals surface area contributed by atoms with E-state index in [0.717, 1.165) is 45.6 Å². The van der Waals surface area contributed by atoms with Gasteiger partial charge in [-0.25, -0.2) is 0 Å². The Morgan fingerprint density at radius 3 is 2.24 bits per heavy atom. The van der Waals surface area contributed by atoms with E-state index in [-0.39, 0.29) is 6.04 Å². The Morgan fingerprint density at radius 2 is 1.71 bits per heavy atom. The molecule has 0 rings (SSSR count). The quantitative estimate of drug-likeness (QED) is 0.494. The summed E-state index contributed by atoms with van der Waals surface area (Å²) in [7, 11) is -1.75. The van der Waals surface area contributed by atoms with Crippen LogP contribution in [0.2, 0.25) is 0 Å². The Balaban J connectivity index is 4.15. The number of hydrogen-bond donors (Lipinski definition) is 2. The van der Waals surface area contributed by atoms with E-state index in [2.05, 4.69) is 35.7 Å². The maximum absolute atomic E-state index is 12.2. The average Bonchev–Trinajstić information content (AvgIpc) is 2.43. The first-order valence-electron chi connectivity index (χ1n) is 8.03. The molecule has 0 amide bonds. The number of likely N-dealkylation sites (N-methyl/N-ethyl adjacent to an activating group) is 1. The van der Waals surface area contributed by atoms with Crippen LogP contribution in [0.3, 0.4) is 0 Å². The molecule has 0 saturated carbocycles. The second-order valence-corrected chi connectivity index (χ2v) is 7.24. The van der Waals surface area contributed by atoms with Crippen LogP contribution in [0.15, 0.2) is 0 Å². The zero-order valence-corrected chi connectivity index (χ0v) is 15.2. The Morgan fingerprint density at radius 1 is 1.10 bits per heavy atom. The highest BCUT2D eigenvalue weighted by molar-refractivity contribution is 7.87. The summed E-state index contributed by atoms with van der Waals surface area (Å²) >= 11 is 0. The highest BCUT2D eigenvalue weighted by Gasteiger charge is 2.20. The van der Waals surface area contributed by atoms with Crippen molar-refractivity contribution in [3.63, 3.8) is 0 Å². The summed E-state index contributed by atoms with van der Waals surface area (Å²) < 4.78 is 28.5. The van der Waals surface area contributed by atoms with Gasteiger partial charge in [0, 0.05) is 26.2 Å². The summed E-state index contributed by atoms with van der Waals surface area (Å²) in [4.78, 5) is 2.21. The van der Waals surface area contributed by atoms with Crippen LogP contribution in [-0.2, 0) is 10.2 Å². The van der Waals surface area contributed by atoms with Crippen LogP contribution in [0, 0.1) is 0 Å². The lowest BCUT2D eigenvalue weighted by Gasteiger charge is -2.25. The van der Waals surface area contributed by atoms with Crippen LogP contribution in [0.4, 0.5) is 0 Å². The second kappa shape index (κ2) is 11.4. The first-order valence-corrected chi connectivity index (χ1v) is 9.47. The minimum Gasteiger partial charge on any atom is -0.317 e. The maximum atomic E-state index is 12.2. The lowest BCUT2D eigenvalue weighted by Crippen LogP contribution is -2.47. The Labute approximate surface area is 131 Å². The summed E-state index contributed by atoms with van der Waals surface area (Å²) in [5.74, 6) is 0. The number of nitrogens with zero attached hydrogens (tertiary/aromatic N) is 2. The van der Waals surface area contributed by atoms with Crippen molar-refractivity contribution >= 4 is 10.2 Å². The molecule has 0 aromatic carbocycles. The largest absolute Gasteiger partial charge is 0.317 e. The van der Waals surface area contributed by atoms with Gasteiger partial charge in [0.2, 0.25) is 0 Å². The molecular formula is C14H34N4O2S. The van der Waals surface area contributed by atoms with Crippen molar-refractivity contribution < 1.29 is 8.42 Å². The average molecular weight is 323 g/mol. The van der Waals surface area contributed by atoms with Gasteiger partial charge in [-0.05, 0) is 45.9 Å². The SMILES string of the molecule is CCCNCCCN(C)S(=O)(=O)NC(C)CN(CC)CC. The van der Waals surface area contributed by atoms with Crippen molar-refractivity contribution in [1.29, 1.82) is 0 Å². The molecule has 7 heteroatoms. The molecule has 0 aliphatic carbocycles. The van der Waals surface area contributed by atoms with Crippen LogP contribution >= 0.6 is 0 Å². The molecule has 0 fully saturated rings. The van der Waals surface area contributed by atoms with E-state index in [1.165, 1.54) is 4.31 Å². The van der Waals surface area contributed by atoms with Gasteiger partial charge >= 0.3 is 0 Å². The number of hydrogen-bond acceptors (Lipinski definition) is 4. The molecule has 0 saturated heterocycles. The third-order valence-electron chi connectivity index (χ3n) is 3.44. The van der Waals surface area contributed by atoms with Crippen LogP contribution < -0.4 is 10.0 Å². The molecular weight excluding hydrogens is 288 g/mol. The molecule has 1 atom stereocenters. The topological polar surface area (TPSA) is 64.7 Å². The lowest BCUT2D eigenvalue weighted by molar-refractivity contribution is 0.280. The predicted molar refractivity (Wildman–Crippen MR) is 89.7 cm³/mol. The molecule has 2 N–H and O–H groups in total. The zero-order chi connectivity index (χ0) is 16.3. The van der Waals surface area contributed by atoms with Crippen molar-refractivity contribution in [2.24, 2.45) is 0 Å². The van der Waals surface area contributed by atoms with Crippen molar-refractivity contribution in [1.82, 2.24) is 19.2 Å². The highest BCUT2D eigenvalue weighted by Crippen LogP contribution is 1.99. The van der Waals surface area contributed by atoms with Gasteiger partial charge in [0.05, 0.1) is 0 Å². The first kappa shape index (κ1) is 20.8. The molecule has 0 radical (unpaired) electrons. The molecule has 128 valence electrons. The number of nitrogens with one attached hydrogen (secondary N) is 2. The summed E-state index contributed by atoms with van der Waals surface area (Å²) in [6.45, 7) is 13.2. The molecule has 0 aliphatic rings. The molecule has 21 heavy (non-hydrogen) atoms. The second-order valence-electron chi connectivity index (χ2n) is 5.43. The van der Waals surface area contributed by atoms with E-state index in [0.29, 0.717) is 6.54 Å². The fraction of sp³-hybridized carbons (Fsp3) is 1.00. The fourth-order valence-corrected chi connectivity index (χ4v) is 3.23. The van der Waals surface area contributed by atoms with E-state index in [1.807, 2.05) is 6.92 Å². The first-order chi connectivity index (χ1) is 9.87. The monoisotopic (exact) mass is 322 g/mol. The summed E-state index contributed by atoms with van der Waals surface area (Å²) in [6, 6.07) is -0.0874. The highest BCUT2D eigenvalue weighted by atomic mass is 32.2. The minimum absolute atomic E-state index is 0.0874. The Kier molecular flexibility index (Phi) is 11.3. The van der Waals surface area contributed by atoms with Gasteiger partial charge in [-0.3, -0.25) is 0 Å². The third kappa shape index (κ3) is 9.42. The lowest BCUT2D eigenvalue weighted by atomic mass is 10.3. The van der Waals surface area contributed by atoms with E-state index < -0.39 is 10.2 Å².